The van der Waals surface area contributed by atoms with Crippen LogP contribution in [0.3, 0.4) is 0 Å². The van der Waals surface area contributed by atoms with Gasteiger partial charge in [0, 0.05) is 10.8 Å². The van der Waals surface area contributed by atoms with E-state index in [1.54, 1.807) is 0 Å². The molecule has 28 heavy (non-hydrogen) atoms. The van der Waals surface area contributed by atoms with E-state index < -0.39 is 0 Å². The zero-order valence-electron chi connectivity index (χ0n) is 18.0. The summed E-state index contributed by atoms with van der Waals surface area (Å²) in [5.41, 5.74) is 1.92. The summed E-state index contributed by atoms with van der Waals surface area (Å²) >= 11 is 0. The van der Waals surface area contributed by atoms with Gasteiger partial charge in [-0.2, -0.15) is 0 Å². The molecule has 5 rings (SSSR count). The Balaban J connectivity index is 0.000000360. The van der Waals surface area contributed by atoms with Crippen LogP contribution in [-0.4, -0.2) is 0 Å². The second-order valence-electron chi connectivity index (χ2n) is 6.13. The van der Waals surface area contributed by atoms with Crippen LogP contribution in [0.4, 0.5) is 0 Å². The molecule has 0 aliphatic heterocycles. The summed E-state index contributed by atoms with van der Waals surface area (Å²) in [6.45, 7) is 12.2. The van der Waals surface area contributed by atoms with Gasteiger partial charge in [0.1, 0.15) is 11.2 Å². The molecular weight excluding hydrogens is 340 g/mol. The lowest BCUT2D eigenvalue weighted by atomic mass is 10.00. The Morgan fingerprint density at radius 1 is 0.536 bits per heavy atom. The summed E-state index contributed by atoms with van der Waals surface area (Å²) < 4.78 is 6.07. The summed E-state index contributed by atoms with van der Waals surface area (Å²) in [4.78, 5) is 0. The minimum atomic E-state index is 0.958. The molecule has 0 aliphatic carbocycles. The molecule has 0 spiro atoms. The van der Waals surface area contributed by atoms with Crippen molar-refractivity contribution in [2.75, 3.05) is 0 Å². The minimum absolute atomic E-state index is 0.958. The molecule has 0 radical (unpaired) electrons. The lowest BCUT2D eigenvalue weighted by molar-refractivity contribution is 0.669. The Morgan fingerprint density at radius 2 is 0.893 bits per heavy atom. The molecular formula is C27H32O. The van der Waals surface area contributed by atoms with Gasteiger partial charge in [0.2, 0.25) is 0 Å². The van der Waals surface area contributed by atoms with Crippen LogP contribution in [0.2, 0.25) is 0 Å². The molecule has 1 aromatic heterocycles. The second kappa shape index (κ2) is 10.5. The van der Waals surface area contributed by atoms with Gasteiger partial charge in [-0.05, 0) is 33.7 Å². The van der Waals surface area contributed by atoms with Crippen molar-refractivity contribution in [1.29, 1.82) is 0 Å². The van der Waals surface area contributed by atoms with E-state index in [1.807, 2.05) is 27.7 Å². The van der Waals surface area contributed by atoms with Gasteiger partial charge in [0.05, 0.1) is 0 Å². The maximum Gasteiger partial charge on any atom is 0.136 e. The van der Waals surface area contributed by atoms with Crippen molar-refractivity contribution in [2.24, 2.45) is 0 Å². The number of benzene rings is 4. The number of hydrogen-bond acceptors (Lipinski definition) is 1. The van der Waals surface area contributed by atoms with Crippen LogP contribution >= 0.6 is 0 Å². The third kappa shape index (κ3) is 4.04. The highest BCUT2D eigenvalue weighted by atomic mass is 16.3. The lowest BCUT2D eigenvalue weighted by Crippen LogP contribution is -1.76. The second-order valence-corrected chi connectivity index (χ2v) is 6.13. The first-order valence-corrected chi connectivity index (χ1v) is 10.5. The van der Waals surface area contributed by atoms with Gasteiger partial charge < -0.3 is 4.42 Å². The molecule has 1 heterocycles. The number of hydrogen-bond donors (Lipinski definition) is 0. The fourth-order valence-corrected chi connectivity index (χ4v) is 3.31. The van der Waals surface area contributed by atoms with Crippen molar-refractivity contribution in [2.45, 2.75) is 48.0 Å². The van der Waals surface area contributed by atoms with Crippen LogP contribution in [0.1, 0.15) is 48.0 Å². The Bertz CT molecular complexity index is 1060. The fraction of sp³-hybridized carbons (Fsp3) is 0.259. The van der Waals surface area contributed by atoms with Gasteiger partial charge in [-0.15, -0.1) is 0 Å². The van der Waals surface area contributed by atoms with Gasteiger partial charge in [0.25, 0.3) is 0 Å². The van der Waals surface area contributed by atoms with Crippen molar-refractivity contribution in [1.82, 2.24) is 0 Å². The zero-order chi connectivity index (χ0) is 20.5. The highest BCUT2D eigenvalue weighted by Crippen LogP contribution is 2.38. The average molecular weight is 373 g/mol. The first-order valence-electron chi connectivity index (χ1n) is 10.5. The Labute approximate surface area is 169 Å². The molecule has 1 nitrogen and oxygen atoms in total. The molecule has 0 unspecified atom stereocenters. The summed E-state index contributed by atoms with van der Waals surface area (Å²) in [6, 6.07) is 25.4. The Morgan fingerprint density at radius 3 is 1.29 bits per heavy atom. The highest BCUT2D eigenvalue weighted by Gasteiger charge is 2.12. The number of fused-ring (bicyclic) bond motifs is 7. The molecule has 0 atom stereocenters. The minimum Gasteiger partial charge on any atom is -0.456 e. The van der Waals surface area contributed by atoms with Crippen LogP contribution < -0.4 is 0 Å². The third-order valence-corrected chi connectivity index (χ3v) is 4.25. The quantitative estimate of drug-likeness (QED) is 0.264. The van der Waals surface area contributed by atoms with Gasteiger partial charge in [-0.25, -0.2) is 0 Å². The molecule has 0 bridgehead atoms. The number of rotatable bonds is 0. The molecule has 0 fully saturated rings. The van der Waals surface area contributed by atoms with E-state index in [4.69, 9.17) is 4.42 Å². The molecule has 5 aromatic rings. The van der Waals surface area contributed by atoms with Gasteiger partial charge in [-0.3, -0.25) is 0 Å². The molecule has 1 heteroatoms. The van der Waals surface area contributed by atoms with E-state index in [9.17, 15) is 0 Å². The summed E-state index contributed by atoms with van der Waals surface area (Å²) in [6.07, 6.45) is 1.25. The van der Waals surface area contributed by atoms with Crippen LogP contribution in [0.25, 0.3) is 43.5 Å². The van der Waals surface area contributed by atoms with E-state index in [-0.39, 0.29) is 0 Å². The van der Waals surface area contributed by atoms with Crippen molar-refractivity contribution < 1.29 is 4.42 Å². The predicted molar refractivity (Wildman–Crippen MR) is 127 cm³/mol. The van der Waals surface area contributed by atoms with E-state index >= 15 is 0 Å². The van der Waals surface area contributed by atoms with E-state index in [1.165, 1.54) is 38.7 Å². The van der Waals surface area contributed by atoms with E-state index in [2.05, 4.69) is 86.6 Å². The number of furan rings is 1. The topological polar surface area (TPSA) is 13.1 Å². The fourth-order valence-electron chi connectivity index (χ4n) is 3.31. The Hall–Kier alpha value is -2.80. The Kier molecular flexibility index (Phi) is 8.07. The maximum absolute atomic E-state index is 6.07. The molecule has 0 saturated heterocycles. The first-order chi connectivity index (χ1) is 13.8. The third-order valence-electron chi connectivity index (χ3n) is 4.25. The molecule has 4 aromatic carbocycles. The van der Waals surface area contributed by atoms with E-state index in [0.29, 0.717) is 0 Å². The molecule has 0 aliphatic rings. The molecule has 0 saturated carbocycles. The average Bonchev–Trinajstić information content (AvgIpc) is 3.17. The van der Waals surface area contributed by atoms with Crippen LogP contribution in [0.5, 0.6) is 0 Å². The summed E-state index contributed by atoms with van der Waals surface area (Å²) in [5, 5.41) is 7.45. The van der Waals surface area contributed by atoms with Gasteiger partial charge >= 0.3 is 0 Å². The summed E-state index contributed by atoms with van der Waals surface area (Å²) in [5.74, 6) is 0. The monoisotopic (exact) mass is 372 g/mol. The summed E-state index contributed by atoms with van der Waals surface area (Å²) in [7, 11) is 0. The lowest BCUT2D eigenvalue weighted by Gasteiger charge is -2.01. The SMILES string of the molecule is CC.CC.CCC.c1ccc2c(c1)ccc1oc3ccc4ccccc4c3c12. The normalized spacial score (nSPS) is 9.93. The van der Waals surface area contributed by atoms with Crippen LogP contribution in [0, 0.1) is 0 Å². The van der Waals surface area contributed by atoms with Crippen LogP contribution in [0.15, 0.2) is 77.2 Å². The largest absolute Gasteiger partial charge is 0.456 e. The van der Waals surface area contributed by atoms with Crippen molar-refractivity contribution in [3.8, 4) is 0 Å². The van der Waals surface area contributed by atoms with E-state index in [0.717, 1.165) is 11.2 Å². The predicted octanol–water partition coefficient (Wildman–Crippen LogP) is 9.36. The van der Waals surface area contributed by atoms with Gasteiger partial charge in [-0.1, -0.05) is 109 Å². The maximum atomic E-state index is 6.07. The smallest absolute Gasteiger partial charge is 0.136 e. The van der Waals surface area contributed by atoms with Crippen molar-refractivity contribution in [3.63, 3.8) is 0 Å². The van der Waals surface area contributed by atoms with Gasteiger partial charge in [0.15, 0.2) is 0 Å². The first kappa shape index (κ1) is 21.5. The molecule has 146 valence electrons. The highest BCUT2D eigenvalue weighted by molar-refractivity contribution is 6.26. The standard InChI is InChI=1S/C20H12O.C3H8.2C2H6/c1-3-7-15-13(5-1)9-11-17-19(15)20-16-8-4-2-6-14(16)10-12-18(20)21-17;1-3-2;2*1-2/h1-12H;3H2,1-2H3;2*1-2H3. The zero-order valence-corrected chi connectivity index (χ0v) is 18.0. The molecule has 0 N–H and O–H groups in total. The van der Waals surface area contributed by atoms with Crippen molar-refractivity contribution in [3.05, 3.63) is 72.8 Å². The molecule has 0 amide bonds. The van der Waals surface area contributed by atoms with Crippen LogP contribution in [-0.2, 0) is 0 Å². The van der Waals surface area contributed by atoms with Crippen molar-refractivity contribution >= 4 is 43.5 Å².